The van der Waals surface area contributed by atoms with Crippen LogP contribution in [0.25, 0.3) is 11.1 Å². The molecule has 0 atom stereocenters. The van der Waals surface area contributed by atoms with Gasteiger partial charge in [-0.3, -0.25) is 14.3 Å². The van der Waals surface area contributed by atoms with E-state index in [0.717, 1.165) is 31.4 Å². The molecule has 0 radical (unpaired) electrons. The summed E-state index contributed by atoms with van der Waals surface area (Å²) in [5.74, 6) is -0.292. The highest BCUT2D eigenvalue weighted by Gasteiger charge is 2.32. The van der Waals surface area contributed by atoms with Crippen molar-refractivity contribution in [3.8, 4) is 11.1 Å². The quantitative estimate of drug-likeness (QED) is 0.358. The van der Waals surface area contributed by atoms with Crippen molar-refractivity contribution in [2.45, 2.75) is 45.4 Å². The summed E-state index contributed by atoms with van der Waals surface area (Å²) in [4.78, 5) is 28.3. The van der Waals surface area contributed by atoms with E-state index in [1.54, 1.807) is 49.1 Å². The largest absolute Gasteiger partial charge is 0.392 e. The minimum absolute atomic E-state index is 0.207. The third-order valence-electron chi connectivity index (χ3n) is 8.09. The van der Waals surface area contributed by atoms with Crippen LogP contribution in [0.3, 0.4) is 0 Å². The Labute approximate surface area is 236 Å². The number of aryl methyl sites for hydroxylation is 3. The van der Waals surface area contributed by atoms with Crippen LogP contribution in [0.1, 0.15) is 45.8 Å². The molecular weight excluding hydrogens is 527 g/mol. The van der Waals surface area contributed by atoms with Crippen LogP contribution in [-0.4, -0.2) is 43.6 Å². The Bertz CT molecular complexity index is 1720. The van der Waals surface area contributed by atoms with E-state index >= 15 is 4.39 Å². The SMILES string of the molecule is COCc1cc(Nc2cc(-c3cc(F)cc(N4CCn5c(cc6c5CCCC6)C4=O)c3CO)cn(C)c2=O)nn1C. The number of hydrogen-bond acceptors (Lipinski definition) is 6. The van der Waals surface area contributed by atoms with Gasteiger partial charge in [0, 0.05) is 63.4 Å². The number of hydrogen-bond donors (Lipinski definition) is 2. The van der Waals surface area contributed by atoms with E-state index in [4.69, 9.17) is 4.74 Å². The van der Waals surface area contributed by atoms with Gasteiger partial charge in [-0.25, -0.2) is 4.39 Å². The van der Waals surface area contributed by atoms with Crippen molar-refractivity contribution in [3.63, 3.8) is 0 Å². The molecule has 1 aliphatic heterocycles. The van der Waals surface area contributed by atoms with Gasteiger partial charge in [0.2, 0.25) is 0 Å². The molecule has 0 fully saturated rings. The van der Waals surface area contributed by atoms with Gasteiger partial charge >= 0.3 is 0 Å². The summed E-state index contributed by atoms with van der Waals surface area (Å²) in [6.07, 6.45) is 5.74. The van der Waals surface area contributed by atoms with E-state index in [1.165, 1.54) is 28.0 Å². The molecule has 214 valence electrons. The Morgan fingerprint density at radius 3 is 2.66 bits per heavy atom. The number of rotatable bonds is 7. The number of aromatic nitrogens is 4. The molecule has 6 rings (SSSR count). The molecule has 0 bridgehead atoms. The predicted octanol–water partition coefficient (Wildman–Crippen LogP) is 3.65. The van der Waals surface area contributed by atoms with Crippen LogP contribution in [0.5, 0.6) is 0 Å². The van der Waals surface area contributed by atoms with Gasteiger partial charge in [-0.05, 0) is 61.1 Å². The van der Waals surface area contributed by atoms with Crippen LogP contribution in [-0.2, 0) is 51.4 Å². The molecule has 4 aromatic rings. The van der Waals surface area contributed by atoms with Crippen molar-refractivity contribution in [2.75, 3.05) is 23.9 Å². The number of methoxy groups -OCH3 is 1. The molecule has 2 aliphatic rings. The molecule has 1 aliphatic carbocycles. The lowest BCUT2D eigenvalue weighted by Gasteiger charge is -2.31. The molecule has 41 heavy (non-hydrogen) atoms. The highest BCUT2D eigenvalue weighted by atomic mass is 19.1. The molecule has 0 saturated heterocycles. The number of benzene rings is 1. The second-order valence-corrected chi connectivity index (χ2v) is 10.7. The van der Waals surface area contributed by atoms with Crippen LogP contribution in [0.2, 0.25) is 0 Å². The zero-order valence-corrected chi connectivity index (χ0v) is 23.4. The van der Waals surface area contributed by atoms with E-state index in [0.29, 0.717) is 53.6 Å². The maximum absolute atomic E-state index is 15.2. The lowest BCUT2D eigenvalue weighted by atomic mass is 9.97. The van der Waals surface area contributed by atoms with Crippen LogP contribution in [0.15, 0.2) is 41.3 Å². The van der Waals surface area contributed by atoms with E-state index in [9.17, 15) is 14.7 Å². The zero-order valence-electron chi connectivity index (χ0n) is 23.4. The molecule has 0 unspecified atom stereocenters. The van der Waals surface area contributed by atoms with E-state index in [2.05, 4.69) is 15.0 Å². The normalized spacial score (nSPS) is 14.8. The second-order valence-electron chi connectivity index (χ2n) is 10.7. The average molecular weight is 561 g/mol. The Kier molecular flexibility index (Phi) is 7.00. The number of anilines is 3. The summed E-state index contributed by atoms with van der Waals surface area (Å²) in [6.45, 7) is 0.915. The summed E-state index contributed by atoms with van der Waals surface area (Å²) < 4.78 is 25.6. The first kappa shape index (κ1) is 27.0. The summed E-state index contributed by atoms with van der Waals surface area (Å²) in [7, 11) is 4.98. The summed E-state index contributed by atoms with van der Waals surface area (Å²) in [6, 6.07) is 8.00. The fourth-order valence-corrected chi connectivity index (χ4v) is 6.09. The summed E-state index contributed by atoms with van der Waals surface area (Å²) in [5, 5.41) is 18.0. The number of amides is 1. The van der Waals surface area contributed by atoms with Gasteiger partial charge in [0.1, 0.15) is 17.2 Å². The Hall–Kier alpha value is -4.22. The predicted molar refractivity (Wildman–Crippen MR) is 153 cm³/mol. The smallest absolute Gasteiger partial charge is 0.274 e. The number of ether oxygens (including phenoxy) is 1. The molecule has 0 saturated carbocycles. The molecular formula is C30H33FN6O4. The van der Waals surface area contributed by atoms with E-state index in [-0.39, 0.29) is 17.2 Å². The average Bonchev–Trinajstić information content (AvgIpc) is 3.51. The van der Waals surface area contributed by atoms with E-state index in [1.807, 2.05) is 6.07 Å². The van der Waals surface area contributed by atoms with Gasteiger partial charge in [0.25, 0.3) is 11.5 Å². The Morgan fingerprint density at radius 1 is 1.07 bits per heavy atom. The number of nitrogens with zero attached hydrogens (tertiary/aromatic N) is 5. The molecule has 0 spiro atoms. The van der Waals surface area contributed by atoms with Crippen LogP contribution in [0.4, 0.5) is 21.6 Å². The number of aliphatic hydroxyl groups excluding tert-OH is 1. The standard InChI is InChI=1S/C30H33FN6O4/c1-34-15-19(10-24(29(34)39)32-28-14-21(17-41-3)35(2)33-28)22-12-20(31)13-26(23(22)16-38)37-9-8-36-25-7-5-4-6-18(25)11-27(36)30(37)40/h10-15,38H,4-9,16-17H2,1-3H3,(H,32,33). The zero-order chi connectivity index (χ0) is 28.8. The van der Waals surface area contributed by atoms with Crippen molar-refractivity contribution in [2.24, 2.45) is 14.1 Å². The maximum atomic E-state index is 15.2. The van der Waals surface area contributed by atoms with Crippen molar-refractivity contribution in [1.82, 2.24) is 18.9 Å². The molecule has 10 nitrogen and oxygen atoms in total. The fraction of sp³-hybridized carbons (Fsp3) is 0.367. The highest BCUT2D eigenvalue weighted by Crippen LogP contribution is 2.36. The number of aliphatic hydroxyl groups is 1. The molecule has 1 aromatic carbocycles. The van der Waals surface area contributed by atoms with Gasteiger partial charge in [0.15, 0.2) is 5.82 Å². The third kappa shape index (κ3) is 4.74. The first-order valence-electron chi connectivity index (χ1n) is 13.8. The number of halogens is 1. The number of pyridine rings is 1. The maximum Gasteiger partial charge on any atom is 0.274 e. The van der Waals surface area contributed by atoms with Crippen molar-refractivity contribution >= 4 is 23.1 Å². The topological polar surface area (TPSA) is 107 Å². The highest BCUT2D eigenvalue weighted by molar-refractivity contribution is 6.07. The van der Waals surface area contributed by atoms with Crippen molar-refractivity contribution < 1.29 is 19.0 Å². The van der Waals surface area contributed by atoms with Gasteiger partial charge in [-0.1, -0.05) is 0 Å². The van der Waals surface area contributed by atoms with Gasteiger partial charge in [-0.15, -0.1) is 0 Å². The molecule has 3 aromatic heterocycles. The number of carbonyl (C=O) groups excluding carboxylic acids is 1. The molecule has 4 heterocycles. The first-order valence-corrected chi connectivity index (χ1v) is 13.8. The number of carbonyl (C=O) groups is 1. The van der Waals surface area contributed by atoms with E-state index < -0.39 is 12.4 Å². The summed E-state index contributed by atoms with van der Waals surface area (Å²) in [5.41, 5.74) is 5.46. The fourth-order valence-electron chi connectivity index (χ4n) is 6.09. The van der Waals surface area contributed by atoms with Crippen LogP contribution in [0, 0.1) is 5.82 Å². The van der Waals surface area contributed by atoms with Crippen LogP contribution < -0.4 is 15.8 Å². The molecule has 1 amide bonds. The monoisotopic (exact) mass is 560 g/mol. The van der Waals surface area contributed by atoms with Crippen molar-refractivity contribution in [3.05, 3.63) is 80.9 Å². The summed E-state index contributed by atoms with van der Waals surface area (Å²) >= 11 is 0. The number of nitrogens with one attached hydrogen (secondary N) is 1. The van der Waals surface area contributed by atoms with Crippen LogP contribution >= 0.6 is 0 Å². The van der Waals surface area contributed by atoms with Crippen molar-refractivity contribution in [1.29, 1.82) is 0 Å². The van der Waals surface area contributed by atoms with Gasteiger partial charge in [-0.2, -0.15) is 5.10 Å². The third-order valence-corrected chi connectivity index (χ3v) is 8.09. The lowest BCUT2D eigenvalue weighted by Crippen LogP contribution is -2.41. The Balaban J connectivity index is 1.40. The Morgan fingerprint density at radius 2 is 1.88 bits per heavy atom. The number of fused-ring (bicyclic) bond motifs is 3. The second kappa shape index (κ2) is 10.6. The minimum Gasteiger partial charge on any atom is -0.392 e. The van der Waals surface area contributed by atoms with Gasteiger partial charge < -0.3 is 29.2 Å². The van der Waals surface area contributed by atoms with Gasteiger partial charge in [0.05, 0.1) is 24.6 Å². The molecule has 2 N–H and O–H groups in total. The minimum atomic E-state index is -0.544. The molecule has 11 heteroatoms. The lowest BCUT2D eigenvalue weighted by molar-refractivity contribution is 0.0964. The first-order chi connectivity index (χ1) is 19.8.